The molecule has 0 aliphatic heterocycles. The van der Waals surface area contributed by atoms with Crippen molar-refractivity contribution in [2.24, 2.45) is 5.73 Å². The average molecular weight is 245 g/mol. The van der Waals surface area contributed by atoms with E-state index in [1.54, 1.807) is 0 Å². The molecule has 0 aromatic heterocycles. The second-order valence-electron chi connectivity index (χ2n) is 3.72. The molecule has 17 heavy (non-hydrogen) atoms. The molecule has 6 heteroatoms. The van der Waals surface area contributed by atoms with Crippen LogP contribution in [-0.4, -0.2) is 32.3 Å². The Kier molecular flexibility index (Phi) is 6.29. The molecule has 1 atom stereocenters. The van der Waals surface area contributed by atoms with Crippen LogP contribution in [0, 0.1) is 0 Å². The van der Waals surface area contributed by atoms with Gasteiger partial charge in [-0.3, -0.25) is 4.79 Å². The summed E-state index contributed by atoms with van der Waals surface area (Å²) in [6.07, 6.45) is 0.0795. The highest BCUT2D eigenvalue weighted by molar-refractivity contribution is 5.78. The van der Waals surface area contributed by atoms with E-state index in [1.807, 2.05) is 0 Å². The Morgan fingerprint density at radius 3 is 2.29 bits per heavy atom. The predicted octanol–water partition coefficient (Wildman–Crippen LogP) is 0.254. The fraction of sp³-hybridized carbons (Fsp3) is 0.364. The number of hydrogen-bond donors (Lipinski definition) is 4. The number of carboxylic acids is 1. The topological polar surface area (TPSA) is 135 Å². The molecule has 0 amide bonds. The largest absolute Gasteiger partial charge is 0.504 e. The molecule has 0 saturated heterocycles. The van der Waals surface area contributed by atoms with Crippen LogP contribution in [0.15, 0.2) is 18.2 Å². The van der Waals surface area contributed by atoms with Crippen molar-refractivity contribution in [1.29, 1.82) is 0 Å². The van der Waals surface area contributed by atoms with E-state index in [9.17, 15) is 9.90 Å². The minimum Gasteiger partial charge on any atom is -0.504 e. The van der Waals surface area contributed by atoms with Crippen LogP contribution >= 0.6 is 0 Å². The van der Waals surface area contributed by atoms with Gasteiger partial charge in [-0.2, -0.15) is 0 Å². The summed E-state index contributed by atoms with van der Waals surface area (Å²) in [5.41, 5.74) is 4.70. The van der Waals surface area contributed by atoms with E-state index >= 15 is 0 Å². The number of aromatic hydroxyl groups is 2. The molecule has 0 unspecified atom stereocenters. The van der Waals surface area contributed by atoms with Crippen LogP contribution in [0.4, 0.5) is 0 Å². The highest BCUT2D eigenvalue weighted by atomic mass is 16.4. The maximum Gasteiger partial charge on any atom is 0.323 e. The van der Waals surface area contributed by atoms with Gasteiger partial charge in [0.05, 0.1) is 0 Å². The lowest BCUT2D eigenvalue weighted by atomic mass is 9.94. The molecule has 7 N–H and O–H groups in total. The first-order chi connectivity index (χ1) is 6.83. The van der Waals surface area contributed by atoms with Crippen molar-refractivity contribution < 1.29 is 25.6 Å². The number of hydrogen-bond acceptors (Lipinski definition) is 4. The third kappa shape index (κ3) is 4.29. The van der Waals surface area contributed by atoms with Gasteiger partial charge >= 0.3 is 5.97 Å². The fourth-order valence-electron chi connectivity index (χ4n) is 1.18. The van der Waals surface area contributed by atoms with Gasteiger partial charge in [0.1, 0.15) is 5.54 Å². The minimum atomic E-state index is -1.39. The summed E-state index contributed by atoms with van der Waals surface area (Å²) in [6.45, 7) is 1.39. The smallest absolute Gasteiger partial charge is 0.323 e. The normalized spacial score (nSPS) is 12.8. The Morgan fingerprint density at radius 1 is 1.35 bits per heavy atom. The lowest BCUT2D eigenvalue weighted by molar-refractivity contribution is -0.142. The highest BCUT2D eigenvalue weighted by Gasteiger charge is 2.28. The maximum absolute atomic E-state index is 10.7. The molecule has 0 spiro atoms. The van der Waals surface area contributed by atoms with Crippen LogP contribution in [0.2, 0.25) is 0 Å². The molecule has 0 heterocycles. The van der Waals surface area contributed by atoms with Crippen molar-refractivity contribution in [2.45, 2.75) is 26.3 Å². The highest BCUT2D eigenvalue weighted by Crippen LogP contribution is 2.26. The molecule has 1 rings (SSSR count). The molecule has 1 aromatic rings. The Hall–Kier alpha value is -1.79. The Morgan fingerprint density at radius 2 is 1.88 bits per heavy atom. The maximum atomic E-state index is 10.7. The second kappa shape index (κ2) is 6.07. The van der Waals surface area contributed by atoms with Crippen molar-refractivity contribution in [3.63, 3.8) is 0 Å². The van der Waals surface area contributed by atoms with Gasteiger partial charge in [0.2, 0.25) is 0 Å². The first-order valence-electron chi connectivity index (χ1n) is 4.36. The van der Waals surface area contributed by atoms with Crippen LogP contribution in [0.25, 0.3) is 0 Å². The number of phenolic OH excluding ortho intramolecular Hbond substituents is 2. The second-order valence-corrected chi connectivity index (χ2v) is 3.72. The number of carbonyl (C=O) groups is 1. The molecule has 0 radical (unpaired) electrons. The van der Waals surface area contributed by atoms with Crippen molar-refractivity contribution in [1.82, 2.24) is 0 Å². The van der Waals surface area contributed by atoms with E-state index < -0.39 is 11.5 Å². The number of phenols is 2. The third-order valence-corrected chi connectivity index (χ3v) is 2.10. The van der Waals surface area contributed by atoms with Crippen LogP contribution in [0.3, 0.4) is 0 Å². The average Bonchev–Trinajstić information content (AvgIpc) is 2.10. The summed E-state index contributed by atoms with van der Waals surface area (Å²) < 4.78 is 0. The molecular formula is C11H19NO5. The zero-order chi connectivity index (χ0) is 11.6. The summed E-state index contributed by atoms with van der Waals surface area (Å²) in [6, 6.07) is 4.11. The summed E-state index contributed by atoms with van der Waals surface area (Å²) >= 11 is 0. The molecule has 0 bridgehead atoms. The molecule has 0 fully saturated rings. The van der Waals surface area contributed by atoms with Crippen LogP contribution in [0.1, 0.15) is 19.9 Å². The van der Waals surface area contributed by atoms with Crippen molar-refractivity contribution in [3.8, 4) is 11.5 Å². The number of benzene rings is 1. The zero-order valence-corrected chi connectivity index (χ0v) is 8.77. The molecule has 0 aliphatic rings. The molecule has 0 aliphatic carbocycles. The van der Waals surface area contributed by atoms with Gasteiger partial charge in [0.25, 0.3) is 0 Å². The molecular weight excluding hydrogens is 226 g/mol. The predicted molar refractivity (Wildman–Crippen MR) is 64.0 cm³/mol. The summed E-state index contributed by atoms with van der Waals surface area (Å²) in [5.74, 6) is -1.64. The zero-order valence-electron chi connectivity index (χ0n) is 8.77. The van der Waals surface area contributed by atoms with E-state index in [4.69, 9.17) is 15.9 Å². The van der Waals surface area contributed by atoms with Gasteiger partial charge in [0, 0.05) is 6.42 Å². The summed E-state index contributed by atoms with van der Waals surface area (Å²) in [7, 11) is 0. The third-order valence-electron chi connectivity index (χ3n) is 2.10. The minimum absolute atomic E-state index is 0. The van der Waals surface area contributed by atoms with Crippen molar-refractivity contribution >= 4 is 5.97 Å². The van der Waals surface area contributed by atoms with Gasteiger partial charge in [-0.1, -0.05) is 13.5 Å². The SMILES string of the molecule is C.C[C@](N)(Cc1ccc(O)c(O)c1)C(=O)O.O. The molecule has 98 valence electrons. The van der Waals surface area contributed by atoms with E-state index in [1.165, 1.54) is 25.1 Å². The lowest BCUT2D eigenvalue weighted by Gasteiger charge is -2.19. The molecule has 6 nitrogen and oxygen atoms in total. The van der Waals surface area contributed by atoms with E-state index in [0.29, 0.717) is 5.56 Å². The van der Waals surface area contributed by atoms with Crippen LogP contribution < -0.4 is 5.73 Å². The fourth-order valence-corrected chi connectivity index (χ4v) is 1.18. The van der Waals surface area contributed by atoms with Crippen LogP contribution in [0.5, 0.6) is 11.5 Å². The van der Waals surface area contributed by atoms with Gasteiger partial charge in [-0.05, 0) is 24.6 Å². The van der Waals surface area contributed by atoms with Gasteiger partial charge < -0.3 is 26.5 Å². The van der Waals surface area contributed by atoms with Crippen molar-refractivity contribution in [3.05, 3.63) is 23.8 Å². The molecule has 0 saturated carbocycles. The number of nitrogens with two attached hydrogens (primary N) is 1. The Labute approximate surface area is 99.6 Å². The lowest BCUT2D eigenvalue weighted by Crippen LogP contribution is -2.46. The number of rotatable bonds is 3. The molecule has 1 aromatic carbocycles. The van der Waals surface area contributed by atoms with E-state index in [-0.39, 0.29) is 30.8 Å². The number of aliphatic carboxylic acids is 1. The van der Waals surface area contributed by atoms with Gasteiger partial charge in [-0.15, -0.1) is 0 Å². The van der Waals surface area contributed by atoms with Crippen LogP contribution in [-0.2, 0) is 11.2 Å². The standard InChI is InChI=1S/C10H13NO4.CH4.H2O/c1-10(11,9(14)15)5-6-2-3-7(12)8(13)4-6;;/h2-4,12-13H,5,11H2,1H3,(H,14,15);1H4;1H2/t10-;;/m0../s1. The monoisotopic (exact) mass is 245 g/mol. The number of carboxylic acid groups (broad SMARTS) is 1. The van der Waals surface area contributed by atoms with E-state index in [2.05, 4.69) is 0 Å². The van der Waals surface area contributed by atoms with E-state index in [0.717, 1.165) is 0 Å². The van der Waals surface area contributed by atoms with Crippen molar-refractivity contribution in [2.75, 3.05) is 0 Å². The van der Waals surface area contributed by atoms with Gasteiger partial charge in [0.15, 0.2) is 11.5 Å². The summed E-state index contributed by atoms with van der Waals surface area (Å²) in [5, 5.41) is 27.0. The first-order valence-corrected chi connectivity index (χ1v) is 4.36. The Bertz CT molecular complexity index is 389. The Balaban J connectivity index is 0. The first kappa shape index (κ1) is 17.6. The van der Waals surface area contributed by atoms with Gasteiger partial charge in [-0.25, -0.2) is 0 Å². The summed E-state index contributed by atoms with van der Waals surface area (Å²) in [4.78, 5) is 10.7. The quantitative estimate of drug-likeness (QED) is 0.566.